The highest BCUT2D eigenvalue weighted by Crippen LogP contribution is 2.32. The number of hydrogen-bond donors (Lipinski definition) is 2. The average Bonchev–Trinajstić information content (AvgIpc) is 2.49. The predicted molar refractivity (Wildman–Crippen MR) is 99.2 cm³/mol. The lowest BCUT2D eigenvalue weighted by Crippen LogP contribution is -2.53. The van der Waals surface area contributed by atoms with E-state index >= 15 is 0 Å². The lowest BCUT2D eigenvalue weighted by molar-refractivity contribution is -0.140. The molecule has 0 spiro atoms. The van der Waals surface area contributed by atoms with Gasteiger partial charge in [0.25, 0.3) is 0 Å². The maximum absolute atomic E-state index is 11.9. The molecule has 140 valence electrons. The monoisotopic (exact) mass is 369 g/mol. The summed E-state index contributed by atoms with van der Waals surface area (Å²) in [5, 5.41) is 12.0. The van der Waals surface area contributed by atoms with E-state index < -0.39 is 28.5 Å². The van der Waals surface area contributed by atoms with Gasteiger partial charge in [0, 0.05) is 10.5 Å². The molecule has 0 fully saturated rings. The van der Waals surface area contributed by atoms with Crippen LogP contribution in [0.2, 0.25) is 0 Å². The third-order valence-electron chi connectivity index (χ3n) is 3.37. The topological polar surface area (TPSA) is 84.9 Å². The lowest BCUT2D eigenvalue weighted by atomic mass is 10.0. The molecule has 1 atom stereocenters. The van der Waals surface area contributed by atoms with Crippen molar-refractivity contribution in [1.82, 2.24) is 5.32 Å². The van der Waals surface area contributed by atoms with Gasteiger partial charge in [0.05, 0.1) is 7.11 Å². The first-order chi connectivity index (χ1) is 11.4. The van der Waals surface area contributed by atoms with Crippen LogP contribution in [0.15, 0.2) is 24.3 Å². The third kappa shape index (κ3) is 7.25. The summed E-state index contributed by atoms with van der Waals surface area (Å²) in [6, 6.07) is 6.50. The Morgan fingerprint density at radius 2 is 1.72 bits per heavy atom. The lowest BCUT2D eigenvalue weighted by Gasteiger charge is -2.32. The van der Waals surface area contributed by atoms with E-state index in [9.17, 15) is 14.7 Å². The van der Waals surface area contributed by atoms with E-state index in [1.165, 1.54) is 11.8 Å². The van der Waals surface area contributed by atoms with Gasteiger partial charge in [-0.2, -0.15) is 0 Å². The summed E-state index contributed by atoms with van der Waals surface area (Å²) >= 11 is 1.45. The number of rotatable bonds is 7. The Morgan fingerprint density at radius 1 is 1.16 bits per heavy atom. The summed E-state index contributed by atoms with van der Waals surface area (Å²) in [5.74, 6) is 0.276. The van der Waals surface area contributed by atoms with Gasteiger partial charge in [-0.25, -0.2) is 9.59 Å². The van der Waals surface area contributed by atoms with Crippen LogP contribution in [0.5, 0.6) is 5.75 Å². The van der Waals surface area contributed by atoms with Crippen LogP contribution >= 0.6 is 11.8 Å². The molecule has 7 heteroatoms. The second-order valence-electron chi connectivity index (χ2n) is 7.16. The number of nitrogens with one attached hydrogen (secondary N) is 1. The number of amides is 1. The van der Waals surface area contributed by atoms with Crippen molar-refractivity contribution in [2.24, 2.45) is 0 Å². The highest BCUT2D eigenvalue weighted by atomic mass is 32.2. The van der Waals surface area contributed by atoms with Gasteiger partial charge in [-0.15, -0.1) is 11.8 Å². The van der Waals surface area contributed by atoms with Gasteiger partial charge in [0.1, 0.15) is 17.4 Å². The SMILES string of the molecule is COc1ccc(CSC(C)(C)[C@H](NC(=O)OC(C)(C)C)C(=O)O)cc1. The standard InChI is InChI=1S/C18H27NO5S/c1-17(2,3)24-16(22)19-14(15(20)21)18(4,5)25-11-12-7-9-13(23-6)10-8-12/h7-10,14H,11H2,1-6H3,(H,19,22)(H,20,21)/t14-/m1/s1. The highest BCUT2D eigenvalue weighted by Gasteiger charge is 2.38. The predicted octanol–water partition coefficient (Wildman–Crippen LogP) is 3.68. The van der Waals surface area contributed by atoms with E-state index in [1.807, 2.05) is 24.3 Å². The first-order valence-electron chi connectivity index (χ1n) is 7.94. The summed E-state index contributed by atoms with van der Waals surface area (Å²) in [5.41, 5.74) is 0.355. The summed E-state index contributed by atoms with van der Waals surface area (Å²) in [6.45, 7) is 8.76. The van der Waals surface area contributed by atoms with Gasteiger partial charge in [-0.05, 0) is 52.3 Å². The van der Waals surface area contributed by atoms with E-state index in [4.69, 9.17) is 9.47 Å². The number of aliphatic carboxylic acids is 1. The number of carboxylic acid groups (broad SMARTS) is 1. The quantitative estimate of drug-likeness (QED) is 0.762. The molecule has 0 bridgehead atoms. The van der Waals surface area contributed by atoms with Crippen LogP contribution in [0, 0.1) is 0 Å². The number of ether oxygens (including phenoxy) is 2. The van der Waals surface area contributed by atoms with Crippen molar-refractivity contribution in [1.29, 1.82) is 0 Å². The van der Waals surface area contributed by atoms with Gasteiger partial charge in [-0.1, -0.05) is 12.1 Å². The van der Waals surface area contributed by atoms with Crippen molar-refractivity contribution in [2.75, 3.05) is 7.11 Å². The molecule has 0 aliphatic rings. The number of methoxy groups -OCH3 is 1. The smallest absolute Gasteiger partial charge is 0.408 e. The molecule has 0 unspecified atom stereocenters. The molecule has 1 rings (SSSR count). The van der Waals surface area contributed by atoms with Crippen LogP contribution in [0.4, 0.5) is 4.79 Å². The molecular weight excluding hydrogens is 342 g/mol. The van der Waals surface area contributed by atoms with Gasteiger partial charge in [0.15, 0.2) is 0 Å². The Morgan fingerprint density at radius 3 is 2.16 bits per heavy atom. The molecule has 25 heavy (non-hydrogen) atoms. The number of thioether (sulfide) groups is 1. The maximum atomic E-state index is 11.9. The molecule has 1 aromatic rings. The summed E-state index contributed by atoms with van der Waals surface area (Å²) < 4.78 is 9.55. The van der Waals surface area contributed by atoms with E-state index in [0.29, 0.717) is 5.75 Å². The summed E-state index contributed by atoms with van der Waals surface area (Å²) in [6.07, 6.45) is -0.738. The van der Waals surface area contributed by atoms with Crippen LogP contribution in [0.25, 0.3) is 0 Å². The van der Waals surface area contributed by atoms with Crippen molar-refractivity contribution in [3.8, 4) is 5.75 Å². The van der Waals surface area contributed by atoms with E-state index in [0.717, 1.165) is 11.3 Å². The Balaban J connectivity index is 2.75. The maximum Gasteiger partial charge on any atom is 0.408 e. The Hall–Kier alpha value is -1.89. The molecule has 0 aromatic heterocycles. The molecule has 6 nitrogen and oxygen atoms in total. The molecule has 0 aliphatic carbocycles. The molecule has 1 aromatic carbocycles. The van der Waals surface area contributed by atoms with E-state index in [1.54, 1.807) is 41.7 Å². The third-order valence-corrected chi connectivity index (χ3v) is 4.83. The number of hydrogen-bond acceptors (Lipinski definition) is 5. The number of carboxylic acids is 1. The van der Waals surface area contributed by atoms with Crippen molar-refractivity contribution in [3.63, 3.8) is 0 Å². The summed E-state index contributed by atoms with van der Waals surface area (Å²) in [4.78, 5) is 23.6. The normalized spacial score (nSPS) is 13.0. The molecule has 2 N–H and O–H groups in total. The fourth-order valence-electron chi connectivity index (χ4n) is 2.03. The molecule has 0 saturated heterocycles. The van der Waals surface area contributed by atoms with Gasteiger partial charge in [-0.3, -0.25) is 0 Å². The fourth-order valence-corrected chi connectivity index (χ4v) is 3.09. The molecule has 0 heterocycles. The van der Waals surface area contributed by atoms with Crippen LogP contribution in [0.3, 0.4) is 0 Å². The first-order valence-corrected chi connectivity index (χ1v) is 8.92. The van der Waals surface area contributed by atoms with Crippen LogP contribution in [-0.2, 0) is 15.3 Å². The zero-order valence-electron chi connectivity index (χ0n) is 15.6. The Kier molecular flexibility index (Phi) is 7.17. The number of alkyl carbamates (subject to hydrolysis) is 1. The zero-order chi connectivity index (χ0) is 19.3. The minimum absolute atomic E-state index is 0.608. The van der Waals surface area contributed by atoms with Gasteiger partial charge >= 0.3 is 12.1 Å². The second-order valence-corrected chi connectivity index (χ2v) is 8.79. The van der Waals surface area contributed by atoms with E-state index in [-0.39, 0.29) is 0 Å². The fraction of sp³-hybridized carbons (Fsp3) is 0.556. The highest BCUT2D eigenvalue weighted by molar-refractivity contribution is 7.99. The van der Waals surface area contributed by atoms with Crippen LogP contribution in [0.1, 0.15) is 40.2 Å². The van der Waals surface area contributed by atoms with E-state index in [2.05, 4.69) is 5.32 Å². The molecule has 1 amide bonds. The first kappa shape index (κ1) is 21.2. The van der Waals surface area contributed by atoms with Crippen molar-refractivity contribution < 1.29 is 24.2 Å². The van der Waals surface area contributed by atoms with Gasteiger partial charge < -0.3 is 19.9 Å². The molecular formula is C18H27NO5S. The number of carbonyl (C=O) groups is 2. The van der Waals surface area contributed by atoms with Crippen LogP contribution < -0.4 is 10.1 Å². The molecule has 0 radical (unpaired) electrons. The second kappa shape index (κ2) is 8.47. The zero-order valence-corrected chi connectivity index (χ0v) is 16.4. The van der Waals surface area contributed by atoms with Crippen molar-refractivity contribution in [3.05, 3.63) is 29.8 Å². The molecule has 0 aliphatic heterocycles. The Labute approximate surface area is 153 Å². The number of benzene rings is 1. The largest absolute Gasteiger partial charge is 0.497 e. The molecule has 0 saturated carbocycles. The van der Waals surface area contributed by atoms with Crippen LogP contribution in [-0.4, -0.2) is 40.7 Å². The minimum atomic E-state index is -1.10. The average molecular weight is 369 g/mol. The van der Waals surface area contributed by atoms with Gasteiger partial charge in [0.2, 0.25) is 0 Å². The number of carbonyl (C=O) groups excluding carboxylic acids is 1. The van der Waals surface area contributed by atoms with Crippen molar-refractivity contribution in [2.45, 2.75) is 56.8 Å². The minimum Gasteiger partial charge on any atom is -0.497 e. The Bertz CT molecular complexity index is 592. The summed E-state index contributed by atoms with van der Waals surface area (Å²) in [7, 11) is 1.60. The van der Waals surface area contributed by atoms with Crippen molar-refractivity contribution >= 4 is 23.8 Å².